The van der Waals surface area contributed by atoms with Gasteiger partial charge in [-0.05, 0) is 25.0 Å². The number of sulfonamides is 1. The van der Waals surface area contributed by atoms with Gasteiger partial charge in [0.25, 0.3) is 0 Å². The van der Waals surface area contributed by atoms with Gasteiger partial charge in [0.2, 0.25) is 15.8 Å². The summed E-state index contributed by atoms with van der Waals surface area (Å²) in [4.78, 5) is 9.13. The average molecular weight is 304 g/mol. The second kappa shape index (κ2) is 5.43. The first-order chi connectivity index (χ1) is 9.34. The van der Waals surface area contributed by atoms with Crippen LogP contribution in [0, 0.1) is 15.9 Å². The van der Waals surface area contributed by atoms with Crippen LogP contribution in [0.25, 0.3) is 0 Å². The van der Waals surface area contributed by atoms with Crippen LogP contribution >= 0.6 is 0 Å². The minimum absolute atomic E-state index is 0.143. The van der Waals surface area contributed by atoms with Crippen molar-refractivity contribution in [2.45, 2.75) is 23.8 Å². The van der Waals surface area contributed by atoms with Gasteiger partial charge >= 0.3 is 5.69 Å². The third-order valence-electron chi connectivity index (χ3n) is 3.11. The Hall–Kier alpha value is -1.58. The fourth-order valence-corrected chi connectivity index (χ4v) is 3.84. The van der Waals surface area contributed by atoms with Crippen LogP contribution in [0.15, 0.2) is 23.1 Å². The Bertz CT molecular complexity index is 634. The number of piperidine rings is 1. The lowest BCUT2D eigenvalue weighted by atomic mass is 10.1. The summed E-state index contributed by atoms with van der Waals surface area (Å²) in [6.45, 7) is 0.00304. The summed E-state index contributed by atoms with van der Waals surface area (Å²) in [6, 6.07) is 2.94. The van der Waals surface area contributed by atoms with Crippen molar-refractivity contribution >= 4 is 15.7 Å². The summed E-state index contributed by atoms with van der Waals surface area (Å²) in [5.41, 5.74) is -1.06. The second-order valence-electron chi connectivity index (χ2n) is 4.50. The predicted octanol–water partition coefficient (Wildman–Crippen LogP) is 0.879. The van der Waals surface area contributed by atoms with E-state index in [1.165, 1.54) is 0 Å². The van der Waals surface area contributed by atoms with E-state index >= 15 is 0 Å². The molecule has 0 saturated carbocycles. The fourth-order valence-electron chi connectivity index (χ4n) is 2.16. The van der Waals surface area contributed by atoms with E-state index in [0.29, 0.717) is 12.8 Å². The Balaban J connectivity index is 2.49. The molecule has 0 radical (unpaired) electrons. The molecule has 20 heavy (non-hydrogen) atoms. The SMILES string of the molecule is O=[N+]([O-])c1c(F)cccc1S(=O)(=O)N1CCCC(O)C1. The Kier molecular flexibility index (Phi) is 4.02. The highest BCUT2D eigenvalue weighted by Crippen LogP contribution is 2.30. The number of halogens is 1. The molecule has 1 fully saturated rings. The van der Waals surface area contributed by atoms with E-state index in [1.54, 1.807) is 0 Å². The lowest BCUT2D eigenvalue weighted by Gasteiger charge is -2.29. The standard InChI is InChI=1S/C11H13FN2O5S/c12-9-4-1-5-10(11(9)14(16)17)20(18,19)13-6-2-3-8(15)7-13/h1,4-5,8,15H,2-3,6-7H2. The molecule has 7 nitrogen and oxygen atoms in total. The molecule has 1 unspecified atom stereocenters. The molecule has 0 bridgehead atoms. The first kappa shape index (κ1) is 14.8. The highest BCUT2D eigenvalue weighted by Gasteiger charge is 2.36. The number of aliphatic hydroxyl groups is 1. The summed E-state index contributed by atoms with van der Waals surface area (Å²) < 4.78 is 39.2. The molecule has 2 rings (SSSR count). The molecule has 0 aliphatic carbocycles. The third-order valence-corrected chi connectivity index (χ3v) is 5.01. The predicted molar refractivity (Wildman–Crippen MR) is 67.1 cm³/mol. The summed E-state index contributed by atoms with van der Waals surface area (Å²) in [6.07, 6.45) is 0.104. The van der Waals surface area contributed by atoms with Crippen molar-refractivity contribution in [2.75, 3.05) is 13.1 Å². The van der Waals surface area contributed by atoms with Crippen molar-refractivity contribution < 1.29 is 22.8 Å². The molecular formula is C11H13FN2O5S. The summed E-state index contributed by atoms with van der Waals surface area (Å²) in [7, 11) is -4.20. The zero-order valence-corrected chi connectivity index (χ0v) is 11.2. The summed E-state index contributed by atoms with van der Waals surface area (Å²) >= 11 is 0. The van der Waals surface area contributed by atoms with E-state index in [9.17, 15) is 28.0 Å². The van der Waals surface area contributed by atoms with E-state index in [0.717, 1.165) is 22.5 Å². The number of β-amino-alcohol motifs (C(OH)–C–C–N with tert-alkyl or cyclic N) is 1. The maximum atomic E-state index is 13.5. The minimum atomic E-state index is -4.20. The Morgan fingerprint density at radius 1 is 1.45 bits per heavy atom. The molecule has 110 valence electrons. The molecule has 1 atom stereocenters. The monoisotopic (exact) mass is 304 g/mol. The number of nitro benzene ring substituents is 1. The Morgan fingerprint density at radius 3 is 2.75 bits per heavy atom. The second-order valence-corrected chi connectivity index (χ2v) is 6.41. The van der Waals surface area contributed by atoms with Crippen molar-refractivity contribution in [3.8, 4) is 0 Å². The Morgan fingerprint density at radius 2 is 2.15 bits per heavy atom. The molecule has 1 aliphatic heterocycles. The van der Waals surface area contributed by atoms with Crippen molar-refractivity contribution in [3.05, 3.63) is 34.1 Å². The number of nitro groups is 1. The molecule has 1 aromatic rings. The number of aliphatic hydroxyl groups excluding tert-OH is 1. The van der Waals surface area contributed by atoms with Gasteiger partial charge in [0, 0.05) is 13.1 Å². The molecule has 0 spiro atoms. The lowest BCUT2D eigenvalue weighted by Crippen LogP contribution is -2.42. The largest absolute Gasteiger partial charge is 0.392 e. The number of nitrogens with zero attached hydrogens (tertiary/aromatic N) is 2. The highest BCUT2D eigenvalue weighted by molar-refractivity contribution is 7.89. The van der Waals surface area contributed by atoms with Gasteiger partial charge in [0.1, 0.15) is 0 Å². The van der Waals surface area contributed by atoms with Gasteiger partial charge in [0.15, 0.2) is 4.90 Å². The fraction of sp³-hybridized carbons (Fsp3) is 0.455. The third kappa shape index (κ3) is 2.65. The number of hydrogen-bond acceptors (Lipinski definition) is 5. The zero-order chi connectivity index (χ0) is 14.9. The van der Waals surface area contributed by atoms with E-state index in [1.807, 2.05) is 0 Å². The van der Waals surface area contributed by atoms with E-state index in [4.69, 9.17) is 0 Å². The van der Waals surface area contributed by atoms with Crippen LogP contribution < -0.4 is 0 Å². The topological polar surface area (TPSA) is 101 Å². The average Bonchev–Trinajstić information content (AvgIpc) is 2.38. The quantitative estimate of drug-likeness (QED) is 0.660. The lowest BCUT2D eigenvalue weighted by molar-refractivity contribution is -0.390. The van der Waals surface area contributed by atoms with Gasteiger partial charge in [-0.2, -0.15) is 8.70 Å². The maximum Gasteiger partial charge on any atom is 0.324 e. The highest BCUT2D eigenvalue weighted by atomic mass is 32.2. The van der Waals surface area contributed by atoms with E-state index in [2.05, 4.69) is 0 Å². The van der Waals surface area contributed by atoms with Crippen LogP contribution in [0.3, 0.4) is 0 Å². The normalized spacial score (nSPS) is 20.8. The molecule has 1 N–H and O–H groups in total. The van der Waals surface area contributed by atoms with Gasteiger partial charge in [-0.15, -0.1) is 0 Å². The number of rotatable bonds is 3. The first-order valence-electron chi connectivity index (χ1n) is 5.95. The molecule has 9 heteroatoms. The number of hydrogen-bond donors (Lipinski definition) is 1. The van der Waals surface area contributed by atoms with Crippen LogP contribution in [-0.4, -0.2) is 41.9 Å². The van der Waals surface area contributed by atoms with Crippen LogP contribution in [0.4, 0.5) is 10.1 Å². The summed E-state index contributed by atoms with van der Waals surface area (Å²) in [5.74, 6) is -1.20. The molecular weight excluding hydrogens is 291 g/mol. The van der Waals surface area contributed by atoms with E-state index in [-0.39, 0.29) is 13.1 Å². The number of para-hydroxylation sites is 1. The molecule has 0 aromatic heterocycles. The summed E-state index contributed by atoms with van der Waals surface area (Å²) in [5, 5.41) is 20.4. The van der Waals surface area contributed by atoms with Crippen molar-refractivity contribution in [2.24, 2.45) is 0 Å². The number of benzene rings is 1. The van der Waals surface area contributed by atoms with Crippen LogP contribution in [0.2, 0.25) is 0 Å². The van der Waals surface area contributed by atoms with Gasteiger partial charge in [0.05, 0.1) is 11.0 Å². The van der Waals surface area contributed by atoms with Gasteiger partial charge < -0.3 is 5.11 Å². The molecule has 0 amide bonds. The van der Waals surface area contributed by atoms with Crippen molar-refractivity contribution in [1.29, 1.82) is 0 Å². The minimum Gasteiger partial charge on any atom is -0.392 e. The van der Waals surface area contributed by atoms with Crippen LogP contribution in [0.5, 0.6) is 0 Å². The molecule has 1 heterocycles. The van der Waals surface area contributed by atoms with Crippen molar-refractivity contribution in [1.82, 2.24) is 4.31 Å². The van der Waals surface area contributed by atoms with Crippen LogP contribution in [0.1, 0.15) is 12.8 Å². The van der Waals surface area contributed by atoms with Gasteiger partial charge in [-0.3, -0.25) is 10.1 Å². The Labute approximate surface area is 114 Å². The van der Waals surface area contributed by atoms with Gasteiger partial charge in [-0.1, -0.05) is 6.07 Å². The van der Waals surface area contributed by atoms with Crippen molar-refractivity contribution in [3.63, 3.8) is 0 Å². The molecule has 1 aliphatic rings. The smallest absolute Gasteiger partial charge is 0.324 e. The van der Waals surface area contributed by atoms with Gasteiger partial charge in [-0.25, -0.2) is 8.42 Å². The first-order valence-corrected chi connectivity index (χ1v) is 7.39. The molecule has 1 aromatic carbocycles. The van der Waals surface area contributed by atoms with E-state index < -0.39 is 37.5 Å². The maximum absolute atomic E-state index is 13.5. The molecule has 1 saturated heterocycles. The zero-order valence-electron chi connectivity index (χ0n) is 10.4. The van der Waals surface area contributed by atoms with Crippen LogP contribution in [-0.2, 0) is 10.0 Å².